The van der Waals surface area contributed by atoms with Crippen LogP contribution in [0.1, 0.15) is 38.8 Å². The van der Waals surface area contributed by atoms with Crippen LogP contribution in [-0.2, 0) is 17.6 Å². The average molecular weight is 396 g/mol. The zero-order valence-electron chi connectivity index (χ0n) is 15.2. The molecule has 0 spiro atoms. The van der Waals surface area contributed by atoms with E-state index < -0.39 is 0 Å². The van der Waals surface area contributed by atoms with Gasteiger partial charge < -0.3 is 5.32 Å². The van der Waals surface area contributed by atoms with Crippen LogP contribution in [0.5, 0.6) is 0 Å². The van der Waals surface area contributed by atoms with Crippen LogP contribution in [-0.4, -0.2) is 27.6 Å². The molecule has 0 unspecified atom stereocenters. The summed E-state index contributed by atoms with van der Waals surface area (Å²) in [6.07, 6.45) is 1.81. The summed E-state index contributed by atoms with van der Waals surface area (Å²) in [5.41, 5.74) is 3.34. The van der Waals surface area contributed by atoms with Crippen LogP contribution in [0.15, 0.2) is 26.9 Å². The number of thioether (sulfide) groups is 2. The molecule has 0 aliphatic carbocycles. The number of rotatable bonds is 9. The van der Waals surface area contributed by atoms with Crippen LogP contribution in [0.4, 0.5) is 5.69 Å². The number of para-hydroxylation sites is 1. The molecule has 0 fully saturated rings. The summed E-state index contributed by atoms with van der Waals surface area (Å²) < 4.78 is 1.82. The lowest BCUT2D eigenvalue weighted by atomic mass is 10.0. The van der Waals surface area contributed by atoms with Crippen molar-refractivity contribution in [3.05, 3.63) is 29.3 Å². The number of benzene rings is 1. The van der Waals surface area contributed by atoms with Crippen LogP contribution in [0.3, 0.4) is 0 Å². The lowest BCUT2D eigenvalue weighted by Crippen LogP contribution is -2.16. The van der Waals surface area contributed by atoms with Gasteiger partial charge in [0, 0.05) is 11.4 Å². The number of nitrogens with one attached hydrogen (secondary N) is 1. The fourth-order valence-electron chi connectivity index (χ4n) is 2.26. The molecule has 1 aromatic carbocycles. The minimum Gasteiger partial charge on any atom is -0.325 e. The van der Waals surface area contributed by atoms with E-state index in [0.29, 0.717) is 11.7 Å². The summed E-state index contributed by atoms with van der Waals surface area (Å²) >= 11 is 4.74. The Labute approximate surface area is 162 Å². The van der Waals surface area contributed by atoms with Crippen molar-refractivity contribution in [3.8, 4) is 0 Å². The van der Waals surface area contributed by atoms with E-state index in [2.05, 4.69) is 61.4 Å². The quantitative estimate of drug-likeness (QED) is 0.596. The minimum atomic E-state index is 0.00665. The molecule has 25 heavy (non-hydrogen) atoms. The number of aryl methyl sites for hydroxylation is 2. The SMILES string of the molecule is CCc1cccc(CC)c1NC(=O)CSc1nnc(SCC(C)C)s1. The largest absolute Gasteiger partial charge is 0.325 e. The van der Waals surface area contributed by atoms with Crippen molar-refractivity contribution in [3.63, 3.8) is 0 Å². The van der Waals surface area contributed by atoms with E-state index in [1.807, 2.05) is 0 Å². The van der Waals surface area contributed by atoms with E-state index in [0.717, 1.165) is 33.0 Å². The van der Waals surface area contributed by atoms with Crippen molar-refractivity contribution in [2.45, 2.75) is 49.2 Å². The predicted octanol–water partition coefficient (Wildman–Crippen LogP) is 5.14. The van der Waals surface area contributed by atoms with Gasteiger partial charge in [-0.25, -0.2) is 0 Å². The first-order valence-electron chi connectivity index (χ1n) is 8.53. The summed E-state index contributed by atoms with van der Waals surface area (Å²) in [6.45, 7) is 8.59. The van der Waals surface area contributed by atoms with Crippen LogP contribution < -0.4 is 5.32 Å². The maximum absolute atomic E-state index is 12.4. The van der Waals surface area contributed by atoms with Gasteiger partial charge in [-0.05, 0) is 29.9 Å². The Balaban J connectivity index is 1.91. The maximum atomic E-state index is 12.4. The molecule has 1 heterocycles. The standard InChI is InChI=1S/C18H25N3OS3/c1-5-13-8-7-9-14(6-2)16(13)19-15(22)11-24-18-21-20-17(25-18)23-10-12(3)4/h7-9,12H,5-6,10-11H2,1-4H3,(H,19,22). The van der Waals surface area contributed by atoms with Crippen molar-refractivity contribution >= 4 is 46.5 Å². The lowest BCUT2D eigenvalue weighted by Gasteiger charge is -2.14. The fraction of sp³-hybridized carbons (Fsp3) is 0.500. The second-order valence-electron chi connectivity index (χ2n) is 6.03. The molecule has 0 radical (unpaired) electrons. The van der Waals surface area contributed by atoms with Gasteiger partial charge in [-0.1, -0.05) is 80.8 Å². The Morgan fingerprint density at radius 2 is 1.72 bits per heavy atom. The van der Waals surface area contributed by atoms with Crippen molar-refractivity contribution in [1.29, 1.82) is 0 Å². The van der Waals surface area contributed by atoms with Crippen LogP contribution in [0.25, 0.3) is 0 Å². The average Bonchev–Trinajstić information content (AvgIpc) is 3.06. The van der Waals surface area contributed by atoms with E-state index in [9.17, 15) is 4.79 Å². The molecular weight excluding hydrogens is 370 g/mol. The first-order valence-corrected chi connectivity index (χ1v) is 11.3. The molecule has 0 bridgehead atoms. The molecule has 2 aromatic rings. The van der Waals surface area contributed by atoms with E-state index in [1.165, 1.54) is 22.9 Å². The van der Waals surface area contributed by atoms with Crippen molar-refractivity contribution in [2.24, 2.45) is 5.92 Å². The highest BCUT2D eigenvalue weighted by atomic mass is 32.2. The Hall–Kier alpha value is -1.05. The monoisotopic (exact) mass is 395 g/mol. The highest BCUT2D eigenvalue weighted by molar-refractivity contribution is 8.03. The van der Waals surface area contributed by atoms with E-state index >= 15 is 0 Å². The smallest absolute Gasteiger partial charge is 0.234 e. The summed E-state index contributed by atoms with van der Waals surface area (Å²) in [5.74, 6) is 2.02. The zero-order valence-corrected chi connectivity index (χ0v) is 17.6. The number of hydrogen-bond donors (Lipinski definition) is 1. The number of carbonyl (C=O) groups is 1. The number of anilines is 1. The van der Waals surface area contributed by atoms with E-state index in [-0.39, 0.29) is 5.91 Å². The third-order valence-electron chi connectivity index (χ3n) is 3.52. The second kappa shape index (κ2) is 10.2. The van der Waals surface area contributed by atoms with Gasteiger partial charge in [0.25, 0.3) is 0 Å². The molecule has 0 saturated heterocycles. The summed E-state index contributed by atoms with van der Waals surface area (Å²) in [7, 11) is 0. The molecule has 1 amide bonds. The molecule has 136 valence electrons. The predicted molar refractivity (Wildman–Crippen MR) is 110 cm³/mol. The van der Waals surface area contributed by atoms with E-state index in [1.54, 1.807) is 23.1 Å². The molecule has 0 aliphatic heterocycles. The molecule has 0 atom stereocenters. The van der Waals surface area contributed by atoms with Crippen molar-refractivity contribution in [2.75, 3.05) is 16.8 Å². The molecule has 1 N–H and O–H groups in total. The molecule has 0 saturated carbocycles. The third-order valence-corrected chi connectivity index (χ3v) is 7.13. The number of aromatic nitrogens is 2. The normalized spacial score (nSPS) is 11.1. The van der Waals surface area contributed by atoms with Gasteiger partial charge in [0.15, 0.2) is 8.68 Å². The van der Waals surface area contributed by atoms with E-state index in [4.69, 9.17) is 0 Å². The van der Waals surface area contributed by atoms with Gasteiger partial charge in [-0.2, -0.15) is 0 Å². The van der Waals surface area contributed by atoms with Crippen LogP contribution in [0.2, 0.25) is 0 Å². The fourth-order valence-corrected chi connectivity index (χ4v) is 5.05. The van der Waals surface area contributed by atoms with Crippen LogP contribution in [0, 0.1) is 5.92 Å². The van der Waals surface area contributed by atoms with Gasteiger partial charge in [0.1, 0.15) is 0 Å². The van der Waals surface area contributed by atoms with Gasteiger partial charge >= 0.3 is 0 Å². The summed E-state index contributed by atoms with van der Waals surface area (Å²) in [6, 6.07) is 6.20. The molecule has 0 aliphatic rings. The first kappa shape index (κ1) is 20.3. The van der Waals surface area contributed by atoms with Crippen molar-refractivity contribution in [1.82, 2.24) is 10.2 Å². The Morgan fingerprint density at radius 3 is 2.28 bits per heavy atom. The third kappa shape index (κ3) is 6.31. The zero-order chi connectivity index (χ0) is 18.2. The number of nitrogens with zero attached hydrogens (tertiary/aromatic N) is 2. The Morgan fingerprint density at radius 1 is 1.12 bits per heavy atom. The molecule has 7 heteroatoms. The lowest BCUT2D eigenvalue weighted by molar-refractivity contribution is -0.113. The van der Waals surface area contributed by atoms with Crippen LogP contribution >= 0.6 is 34.9 Å². The Bertz CT molecular complexity index is 678. The number of amides is 1. The summed E-state index contributed by atoms with van der Waals surface area (Å²) in [5, 5.41) is 11.4. The first-order chi connectivity index (χ1) is 12.0. The molecular formula is C18H25N3OS3. The summed E-state index contributed by atoms with van der Waals surface area (Å²) in [4.78, 5) is 12.4. The molecule has 2 rings (SSSR count). The number of carbonyl (C=O) groups excluding carboxylic acids is 1. The second-order valence-corrected chi connectivity index (χ2v) is 9.50. The van der Waals surface area contributed by atoms with Gasteiger partial charge in [-0.15, -0.1) is 10.2 Å². The van der Waals surface area contributed by atoms with Gasteiger partial charge in [-0.3, -0.25) is 4.79 Å². The Kier molecular flexibility index (Phi) is 8.26. The van der Waals surface area contributed by atoms with Gasteiger partial charge in [0.2, 0.25) is 5.91 Å². The molecule has 1 aromatic heterocycles. The maximum Gasteiger partial charge on any atom is 0.234 e. The highest BCUT2D eigenvalue weighted by Crippen LogP contribution is 2.30. The van der Waals surface area contributed by atoms with Gasteiger partial charge in [0.05, 0.1) is 5.75 Å². The number of hydrogen-bond acceptors (Lipinski definition) is 6. The minimum absolute atomic E-state index is 0.00665. The highest BCUT2D eigenvalue weighted by Gasteiger charge is 2.12. The molecule has 4 nitrogen and oxygen atoms in total. The van der Waals surface area contributed by atoms with Crippen molar-refractivity contribution < 1.29 is 4.79 Å². The topological polar surface area (TPSA) is 54.9 Å².